The lowest BCUT2D eigenvalue weighted by atomic mass is 10.0. The molecule has 1 unspecified atom stereocenters. The van der Waals surface area contributed by atoms with Crippen molar-refractivity contribution in [2.75, 3.05) is 26.4 Å². The van der Waals surface area contributed by atoms with Crippen molar-refractivity contribution >= 4 is 5.97 Å². The van der Waals surface area contributed by atoms with E-state index in [9.17, 15) is 4.79 Å². The van der Waals surface area contributed by atoms with E-state index in [0.717, 1.165) is 0 Å². The van der Waals surface area contributed by atoms with Crippen LogP contribution >= 0.6 is 0 Å². The highest BCUT2D eigenvalue weighted by molar-refractivity contribution is 5.90. The zero-order valence-electron chi connectivity index (χ0n) is 9.33. The van der Waals surface area contributed by atoms with Gasteiger partial charge in [0.25, 0.3) is 0 Å². The zero-order chi connectivity index (χ0) is 12.7. The Kier molecular flexibility index (Phi) is 5.68. The molecule has 0 saturated carbocycles. The SMILES string of the molecule is O=C(O)C1=CC(OCCO)CC(OCCO)=C1. The molecule has 17 heavy (non-hydrogen) atoms. The van der Waals surface area contributed by atoms with Crippen molar-refractivity contribution in [2.45, 2.75) is 12.5 Å². The first kappa shape index (κ1) is 13.7. The molecule has 0 bridgehead atoms. The molecule has 0 radical (unpaired) electrons. The molecule has 0 aromatic carbocycles. The number of hydrogen-bond donors (Lipinski definition) is 3. The van der Waals surface area contributed by atoms with Crippen LogP contribution in [0.25, 0.3) is 0 Å². The minimum atomic E-state index is -1.06. The van der Waals surface area contributed by atoms with E-state index in [1.54, 1.807) is 0 Å². The third-order valence-corrected chi connectivity index (χ3v) is 2.13. The molecule has 0 saturated heterocycles. The van der Waals surface area contributed by atoms with Crippen LogP contribution in [0.1, 0.15) is 6.42 Å². The largest absolute Gasteiger partial charge is 0.495 e. The molecule has 1 aliphatic rings. The Morgan fingerprint density at radius 3 is 2.65 bits per heavy atom. The number of aliphatic hydroxyl groups is 2. The van der Waals surface area contributed by atoms with Crippen LogP contribution in [0.3, 0.4) is 0 Å². The number of hydrogen-bond acceptors (Lipinski definition) is 5. The summed E-state index contributed by atoms with van der Waals surface area (Å²) in [5.74, 6) is -0.603. The second-order valence-electron chi connectivity index (χ2n) is 3.45. The van der Waals surface area contributed by atoms with Crippen LogP contribution in [0.2, 0.25) is 0 Å². The molecule has 0 fully saturated rings. The van der Waals surface area contributed by atoms with Crippen LogP contribution < -0.4 is 0 Å². The van der Waals surface area contributed by atoms with Gasteiger partial charge in [-0.15, -0.1) is 0 Å². The molecule has 0 heterocycles. The molecule has 0 aliphatic heterocycles. The summed E-state index contributed by atoms with van der Waals surface area (Å²) in [7, 11) is 0. The monoisotopic (exact) mass is 244 g/mol. The third kappa shape index (κ3) is 4.56. The van der Waals surface area contributed by atoms with Gasteiger partial charge in [-0.1, -0.05) is 0 Å². The number of aliphatic hydroxyl groups excluding tert-OH is 2. The van der Waals surface area contributed by atoms with E-state index < -0.39 is 12.1 Å². The first-order valence-electron chi connectivity index (χ1n) is 5.29. The van der Waals surface area contributed by atoms with E-state index in [1.807, 2.05) is 0 Å². The number of carbonyl (C=O) groups is 1. The Morgan fingerprint density at radius 2 is 2.06 bits per heavy atom. The number of rotatable bonds is 7. The number of carboxylic acids is 1. The molecule has 1 atom stereocenters. The number of carboxylic acid groups (broad SMARTS) is 1. The lowest BCUT2D eigenvalue weighted by Gasteiger charge is -2.20. The fourth-order valence-electron chi connectivity index (χ4n) is 1.46. The van der Waals surface area contributed by atoms with Gasteiger partial charge < -0.3 is 24.8 Å². The Morgan fingerprint density at radius 1 is 1.35 bits per heavy atom. The predicted octanol–water partition coefficient (Wildman–Crippen LogP) is -0.329. The summed E-state index contributed by atoms with van der Waals surface area (Å²) in [6, 6.07) is 0. The molecule has 6 heteroatoms. The van der Waals surface area contributed by atoms with Gasteiger partial charge in [-0.05, 0) is 12.2 Å². The van der Waals surface area contributed by atoms with Crippen LogP contribution in [0, 0.1) is 0 Å². The van der Waals surface area contributed by atoms with Crippen molar-refractivity contribution in [3.05, 3.63) is 23.5 Å². The van der Waals surface area contributed by atoms with E-state index in [1.165, 1.54) is 12.2 Å². The zero-order valence-corrected chi connectivity index (χ0v) is 9.33. The molecule has 0 aromatic heterocycles. The molecule has 3 N–H and O–H groups in total. The second kappa shape index (κ2) is 7.05. The molecule has 1 aliphatic carbocycles. The topological polar surface area (TPSA) is 96.2 Å². The van der Waals surface area contributed by atoms with Crippen LogP contribution in [0.4, 0.5) is 0 Å². The van der Waals surface area contributed by atoms with E-state index in [4.69, 9.17) is 24.8 Å². The molecule has 0 aromatic rings. The lowest BCUT2D eigenvalue weighted by molar-refractivity contribution is -0.132. The Labute approximate surface area is 98.8 Å². The quantitative estimate of drug-likeness (QED) is 0.567. The Balaban J connectivity index is 2.66. The molecule has 1 rings (SSSR count). The minimum absolute atomic E-state index is 0.0899. The van der Waals surface area contributed by atoms with Crippen molar-refractivity contribution in [3.63, 3.8) is 0 Å². The lowest BCUT2D eigenvalue weighted by Crippen LogP contribution is -2.20. The fraction of sp³-hybridized carbons (Fsp3) is 0.545. The first-order chi connectivity index (χ1) is 8.17. The van der Waals surface area contributed by atoms with Gasteiger partial charge in [0.15, 0.2) is 0 Å². The number of aliphatic carboxylic acids is 1. The van der Waals surface area contributed by atoms with Gasteiger partial charge in [-0.2, -0.15) is 0 Å². The van der Waals surface area contributed by atoms with E-state index in [0.29, 0.717) is 12.2 Å². The smallest absolute Gasteiger partial charge is 0.335 e. The van der Waals surface area contributed by atoms with Crippen molar-refractivity contribution in [3.8, 4) is 0 Å². The van der Waals surface area contributed by atoms with Crippen LogP contribution in [-0.2, 0) is 14.3 Å². The summed E-state index contributed by atoms with van der Waals surface area (Å²) in [4.78, 5) is 10.9. The third-order valence-electron chi connectivity index (χ3n) is 2.13. The van der Waals surface area contributed by atoms with Gasteiger partial charge in [0.05, 0.1) is 37.3 Å². The molecule has 0 amide bonds. The van der Waals surface area contributed by atoms with Crippen LogP contribution in [0.15, 0.2) is 23.5 Å². The fourth-order valence-corrected chi connectivity index (χ4v) is 1.46. The highest BCUT2D eigenvalue weighted by Gasteiger charge is 2.20. The maximum Gasteiger partial charge on any atom is 0.335 e. The van der Waals surface area contributed by atoms with Gasteiger partial charge in [-0.3, -0.25) is 0 Å². The summed E-state index contributed by atoms with van der Waals surface area (Å²) in [5, 5.41) is 26.2. The molecule has 96 valence electrons. The van der Waals surface area contributed by atoms with Crippen molar-refractivity contribution in [2.24, 2.45) is 0 Å². The van der Waals surface area contributed by atoms with E-state index >= 15 is 0 Å². The normalized spacial score (nSPS) is 19.5. The van der Waals surface area contributed by atoms with Crippen molar-refractivity contribution in [1.82, 2.24) is 0 Å². The van der Waals surface area contributed by atoms with E-state index in [-0.39, 0.29) is 32.0 Å². The summed E-state index contributed by atoms with van der Waals surface area (Å²) in [6.07, 6.45) is 2.86. The van der Waals surface area contributed by atoms with Gasteiger partial charge in [-0.25, -0.2) is 4.79 Å². The van der Waals surface area contributed by atoms with Gasteiger partial charge in [0.2, 0.25) is 0 Å². The van der Waals surface area contributed by atoms with Gasteiger partial charge in [0, 0.05) is 6.42 Å². The summed E-state index contributed by atoms with van der Waals surface area (Å²) in [6.45, 7) is 0.00170. The minimum Gasteiger partial charge on any atom is -0.495 e. The number of ether oxygens (including phenoxy) is 2. The predicted molar refractivity (Wildman–Crippen MR) is 58.3 cm³/mol. The highest BCUT2D eigenvalue weighted by Crippen LogP contribution is 2.21. The maximum absolute atomic E-state index is 10.9. The average molecular weight is 244 g/mol. The van der Waals surface area contributed by atoms with Gasteiger partial charge in [0.1, 0.15) is 6.61 Å². The Bertz CT molecular complexity index is 320. The van der Waals surface area contributed by atoms with E-state index in [2.05, 4.69) is 0 Å². The highest BCUT2D eigenvalue weighted by atomic mass is 16.5. The summed E-state index contributed by atoms with van der Waals surface area (Å²) >= 11 is 0. The second-order valence-corrected chi connectivity index (χ2v) is 3.45. The average Bonchev–Trinajstić information content (AvgIpc) is 2.33. The molecule has 0 spiro atoms. The summed E-state index contributed by atoms with van der Waals surface area (Å²) in [5.41, 5.74) is 0.0899. The van der Waals surface area contributed by atoms with Crippen molar-refractivity contribution < 1.29 is 29.6 Å². The Hall–Kier alpha value is -1.37. The van der Waals surface area contributed by atoms with Crippen molar-refractivity contribution in [1.29, 1.82) is 0 Å². The van der Waals surface area contributed by atoms with Gasteiger partial charge >= 0.3 is 5.97 Å². The standard InChI is InChI=1S/C11H16O6/c12-1-3-16-9-5-8(11(14)15)6-10(7-9)17-4-2-13/h5-6,9,12-13H,1-4,7H2,(H,14,15). The van der Waals surface area contributed by atoms with Crippen LogP contribution in [0.5, 0.6) is 0 Å². The van der Waals surface area contributed by atoms with Crippen LogP contribution in [-0.4, -0.2) is 53.8 Å². The summed E-state index contributed by atoms with van der Waals surface area (Å²) < 4.78 is 10.4. The maximum atomic E-state index is 10.9. The molecular formula is C11H16O6. The molecule has 6 nitrogen and oxygen atoms in total. The molecular weight excluding hydrogens is 228 g/mol. The first-order valence-corrected chi connectivity index (χ1v) is 5.29.